The topological polar surface area (TPSA) is 123 Å². The zero-order valence-electron chi connectivity index (χ0n) is 21.3. The molecular formula is C27H36O8. The molecule has 1 aromatic rings. The molecule has 0 bridgehead atoms. The van der Waals surface area contributed by atoms with E-state index < -0.39 is 57.3 Å². The van der Waals surface area contributed by atoms with Crippen molar-refractivity contribution in [1.82, 2.24) is 0 Å². The van der Waals surface area contributed by atoms with Crippen molar-refractivity contribution in [1.29, 1.82) is 0 Å². The minimum atomic E-state index is -1.83. The van der Waals surface area contributed by atoms with E-state index >= 15 is 0 Å². The second-order valence-corrected chi connectivity index (χ2v) is 11.7. The summed E-state index contributed by atoms with van der Waals surface area (Å²) in [4.78, 5) is 38.1. The number of furan rings is 1. The van der Waals surface area contributed by atoms with Gasteiger partial charge in [-0.1, -0.05) is 33.8 Å². The summed E-state index contributed by atoms with van der Waals surface area (Å²) in [5, 5.41) is 24.5. The molecule has 0 spiro atoms. The van der Waals surface area contributed by atoms with E-state index in [-0.39, 0.29) is 18.6 Å². The lowest BCUT2D eigenvalue weighted by atomic mass is 9.42. The fraction of sp³-hybridized carbons (Fsp3) is 0.667. The van der Waals surface area contributed by atoms with Crippen LogP contribution in [0.3, 0.4) is 0 Å². The Kier molecular flexibility index (Phi) is 5.88. The summed E-state index contributed by atoms with van der Waals surface area (Å²) in [5.74, 6) is -2.23. The van der Waals surface area contributed by atoms with Gasteiger partial charge >= 0.3 is 11.9 Å². The zero-order chi connectivity index (χ0) is 26.0. The molecular weight excluding hydrogens is 452 g/mol. The Morgan fingerprint density at radius 3 is 2.46 bits per heavy atom. The summed E-state index contributed by atoms with van der Waals surface area (Å²) in [5.41, 5.74) is -5.72. The van der Waals surface area contributed by atoms with Gasteiger partial charge in [0.25, 0.3) is 0 Å². The molecule has 3 aliphatic rings. The number of rotatable bonds is 4. The largest absolute Gasteiger partial charge is 0.472 e. The molecule has 8 heteroatoms. The lowest BCUT2D eigenvalue weighted by Crippen LogP contribution is -2.74. The highest BCUT2D eigenvalue weighted by Gasteiger charge is 2.72. The van der Waals surface area contributed by atoms with Crippen molar-refractivity contribution < 1.29 is 38.5 Å². The normalized spacial score (nSPS) is 42.8. The van der Waals surface area contributed by atoms with Crippen molar-refractivity contribution in [2.45, 2.75) is 77.6 Å². The molecule has 0 aromatic carbocycles. The van der Waals surface area contributed by atoms with Crippen LogP contribution in [-0.2, 0) is 23.9 Å². The van der Waals surface area contributed by atoms with Crippen LogP contribution in [0.2, 0.25) is 0 Å². The van der Waals surface area contributed by atoms with Crippen molar-refractivity contribution >= 4 is 17.7 Å². The number of aliphatic hydroxyl groups is 2. The highest BCUT2D eigenvalue weighted by molar-refractivity contribution is 5.96. The molecule has 1 aliphatic heterocycles. The first-order chi connectivity index (χ1) is 16.1. The minimum absolute atomic E-state index is 0.0158. The van der Waals surface area contributed by atoms with Gasteiger partial charge in [-0.3, -0.25) is 14.4 Å². The van der Waals surface area contributed by atoms with Gasteiger partial charge in [0.1, 0.15) is 11.7 Å². The predicted octanol–water partition coefficient (Wildman–Crippen LogP) is 3.52. The Morgan fingerprint density at radius 2 is 1.86 bits per heavy atom. The number of carbonyl (C=O) groups is 3. The van der Waals surface area contributed by atoms with E-state index in [1.165, 1.54) is 25.7 Å². The fourth-order valence-electron chi connectivity index (χ4n) is 7.44. The van der Waals surface area contributed by atoms with Crippen molar-refractivity contribution in [2.75, 3.05) is 7.11 Å². The summed E-state index contributed by atoms with van der Waals surface area (Å²) in [6.07, 6.45) is 5.99. The molecule has 4 rings (SSSR count). The highest BCUT2D eigenvalue weighted by atomic mass is 16.6. The van der Waals surface area contributed by atoms with Gasteiger partial charge in [-0.15, -0.1) is 0 Å². The van der Waals surface area contributed by atoms with Crippen LogP contribution in [0.1, 0.15) is 72.0 Å². The van der Waals surface area contributed by atoms with E-state index in [2.05, 4.69) is 0 Å². The Balaban J connectivity index is 1.83. The first-order valence-electron chi connectivity index (χ1n) is 12.1. The van der Waals surface area contributed by atoms with Crippen LogP contribution in [0.4, 0.5) is 0 Å². The summed E-state index contributed by atoms with van der Waals surface area (Å²) < 4.78 is 15.9. The van der Waals surface area contributed by atoms with E-state index in [1.54, 1.807) is 32.9 Å². The molecule has 0 unspecified atom stereocenters. The molecule has 7 atom stereocenters. The zero-order valence-corrected chi connectivity index (χ0v) is 21.3. The predicted molar refractivity (Wildman–Crippen MR) is 125 cm³/mol. The quantitative estimate of drug-likeness (QED) is 0.617. The monoisotopic (exact) mass is 488 g/mol. The number of ether oxygens (including phenoxy) is 2. The van der Waals surface area contributed by atoms with E-state index in [4.69, 9.17) is 13.9 Å². The summed E-state index contributed by atoms with van der Waals surface area (Å²) in [6.45, 7) is 8.92. The Hall–Kier alpha value is -2.45. The van der Waals surface area contributed by atoms with Gasteiger partial charge in [0.05, 0.1) is 38.1 Å². The van der Waals surface area contributed by atoms with Crippen molar-refractivity contribution in [2.24, 2.45) is 28.1 Å². The van der Waals surface area contributed by atoms with Gasteiger partial charge in [-0.2, -0.15) is 0 Å². The maximum Gasteiger partial charge on any atom is 0.309 e. The van der Waals surface area contributed by atoms with E-state index in [1.807, 2.05) is 13.8 Å². The number of hydrogen-bond acceptors (Lipinski definition) is 8. The van der Waals surface area contributed by atoms with Gasteiger partial charge < -0.3 is 24.1 Å². The molecule has 0 amide bonds. The second kappa shape index (κ2) is 8.03. The summed E-state index contributed by atoms with van der Waals surface area (Å²) in [6, 6.07) is 1.70. The molecule has 2 fully saturated rings. The van der Waals surface area contributed by atoms with E-state index in [9.17, 15) is 24.6 Å². The van der Waals surface area contributed by atoms with Gasteiger partial charge in [0, 0.05) is 16.4 Å². The number of carbonyl (C=O) groups excluding carboxylic acids is 3. The SMILES string of the molecule is COC(=O)C[C@@H]1C(C)(C)C(=O)C=C[C@@]1(C)[C@H]1CC[C@@]2(C)[C@H](c3ccoc3)OC(=O)C[C@]2(O)[C@]1(C)O. The lowest BCUT2D eigenvalue weighted by Gasteiger charge is -2.66. The third-order valence-corrected chi connectivity index (χ3v) is 9.69. The van der Waals surface area contributed by atoms with Gasteiger partial charge in [-0.25, -0.2) is 0 Å². The molecule has 2 heterocycles. The number of methoxy groups -OCH3 is 1. The molecule has 192 valence electrons. The third kappa shape index (κ3) is 3.44. The van der Waals surface area contributed by atoms with Gasteiger partial charge in [0.15, 0.2) is 5.78 Å². The molecule has 35 heavy (non-hydrogen) atoms. The van der Waals surface area contributed by atoms with Crippen molar-refractivity contribution in [3.05, 3.63) is 36.3 Å². The second-order valence-electron chi connectivity index (χ2n) is 11.7. The highest BCUT2D eigenvalue weighted by Crippen LogP contribution is 2.67. The minimum Gasteiger partial charge on any atom is -0.472 e. The first kappa shape index (κ1) is 25.6. The molecule has 1 aromatic heterocycles. The Bertz CT molecular complexity index is 1050. The van der Waals surface area contributed by atoms with Crippen LogP contribution in [-0.4, -0.2) is 46.2 Å². The van der Waals surface area contributed by atoms with Gasteiger partial charge in [-0.05, 0) is 49.2 Å². The fourth-order valence-corrected chi connectivity index (χ4v) is 7.44. The molecule has 1 saturated heterocycles. The number of ketones is 1. The lowest BCUT2D eigenvalue weighted by molar-refractivity contribution is -0.309. The van der Waals surface area contributed by atoms with Gasteiger partial charge in [0.2, 0.25) is 0 Å². The average molecular weight is 489 g/mol. The number of allylic oxidation sites excluding steroid dienone is 2. The average Bonchev–Trinajstić information content (AvgIpc) is 3.30. The van der Waals surface area contributed by atoms with Crippen LogP contribution in [0.5, 0.6) is 0 Å². The third-order valence-electron chi connectivity index (χ3n) is 9.69. The molecule has 8 nitrogen and oxygen atoms in total. The first-order valence-corrected chi connectivity index (χ1v) is 12.1. The molecule has 1 saturated carbocycles. The van der Waals surface area contributed by atoms with Crippen LogP contribution in [0.15, 0.2) is 35.2 Å². The summed E-state index contributed by atoms with van der Waals surface area (Å²) >= 11 is 0. The maximum absolute atomic E-state index is 12.9. The van der Waals surface area contributed by atoms with E-state index in [0.29, 0.717) is 18.4 Å². The molecule has 2 aliphatic carbocycles. The molecule has 2 N–H and O–H groups in total. The van der Waals surface area contributed by atoms with Crippen LogP contribution in [0.25, 0.3) is 0 Å². The van der Waals surface area contributed by atoms with E-state index in [0.717, 1.165) is 0 Å². The Morgan fingerprint density at radius 1 is 1.17 bits per heavy atom. The number of cyclic esters (lactones) is 1. The Labute approximate surface area is 205 Å². The van der Waals surface area contributed by atoms with Crippen LogP contribution < -0.4 is 0 Å². The standard InChI is InChI=1S/C27H36O8/c1-23(2)18(13-20(29)33-6)24(3,10-8-19(23)28)17-7-11-25(4)22(16-9-12-34-15-16)35-21(30)14-27(25,32)26(17,5)31/h8-10,12,15,17-18,22,31-32H,7,11,13-14H2,1-6H3/t17-,18-,22+,24+,25+,26-,27-/m1/s1. The number of esters is 2. The molecule has 0 radical (unpaired) electrons. The number of hydrogen-bond donors (Lipinski definition) is 2. The smallest absolute Gasteiger partial charge is 0.309 e. The van der Waals surface area contributed by atoms with Crippen LogP contribution in [0, 0.1) is 28.1 Å². The van der Waals surface area contributed by atoms with Crippen molar-refractivity contribution in [3.63, 3.8) is 0 Å². The number of fused-ring (bicyclic) bond motifs is 1. The van der Waals surface area contributed by atoms with Crippen LogP contribution >= 0.6 is 0 Å². The van der Waals surface area contributed by atoms with Crippen molar-refractivity contribution in [3.8, 4) is 0 Å². The summed E-state index contributed by atoms with van der Waals surface area (Å²) in [7, 11) is 1.31. The maximum atomic E-state index is 12.9.